The van der Waals surface area contributed by atoms with E-state index in [2.05, 4.69) is 31.3 Å². The second kappa shape index (κ2) is 6.51. The van der Waals surface area contributed by atoms with Gasteiger partial charge in [0, 0.05) is 25.4 Å². The van der Waals surface area contributed by atoms with Crippen LogP contribution in [0.15, 0.2) is 33.8 Å². The number of rotatable bonds is 5. The summed E-state index contributed by atoms with van der Waals surface area (Å²) in [6.07, 6.45) is 3.28. The normalized spacial score (nSPS) is 10.3. The van der Waals surface area contributed by atoms with Crippen LogP contribution in [0.4, 0.5) is 5.69 Å². The number of aryl methyl sites for hydroxylation is 1. The van der Waals surface area contributed by atoms with Gasteiger partial charge in [0.15, 0.2) is 0 Å². The first-order valence-corrected chi connectivity index (χ1v) is 6.95. The van der Waals surface area contributed by atoms with Gasteiger partial charge in [0.05, 0.1) is 18.5 Å². The smallest absolute Gasteiger partial charge is 0.282 e. The molecular weight excluding hydrogens is 324 g/mol. The number of anilines is 1. The van der Waals surface area contributed by atoms with E-state index in [0.717, 1.165) is 5.56 Å². The maximum absolute atomic E-state index is 11.7. The number of ether oxygens (including phenoxy) is 1. The summed E-state index contributed by atoms with van der Waals surface area (Å²) in [4.78, 5) is 15.9. The van der Waals surface area contributed by atoms with Crippen LogP contribution in [0.3, 0.4) is 0 Å². The number of aromatic nitrogens is 3. The van der Waals surface area contributed by atoms with Crippen LogP contribution in [0.5, 0.6) is 5.88 Å². The van der Waals surface area contributed by atoms with E-state index in [4.69, 9.17) is 4.74 Å². The number of hydrogen-bond donors (Lipinski definition) is 1. The lowest BCUT2D eigenvalue weighted by Crippen LogP contribution is -2.21. The van der Waals surface area contributed by atoms with E-state index < -0.39 is 0 Å². The van der Waals surface area contributed by atoms with Gasteiger partial charge < -0.3 is 10.1 Å². The van der Waals surface area contributed by atoms with E-state index in [1.165, 1.54) is 4.68 Å². The molecule has 0 unspecified atom stereocenters. The lowest BCUT2D eigenvalue weighted by Gasteiger charge is -2.11. The second-order valence-electron chi connectivity index (χ2n) is 4.06. The van der Waals surface area contributed by atoms with Gasteiger partial charge in [0.2, 0.25) is 5.88 Å². The van der Waals surface area contributed by atoms with E-state index in [1.54, 1.807) is 19.4 Å². The summed E-state index contributed by atoms with van der Waals surface area (Å²) < 4.78 is 7.18. The molecule has 0 radical (unpaired) electrons. The molecule has 0 atom stereocenters. The number of pyridine rings is 1. The van der Waals surface area contributed by atoms with Crippen molar-refractivity contribution in [1.29, 1.82) is 0 Å². The zero-order chi connectivity index (χ0) is 14.5. The number of nitrogens with one attached hydrogen (secondary N) is 1. The van der Waals surface area contributed by atoms with Gasteiger partial charge in [-0.05, 0) is 28.9 Å². The Hall–Kier alpha value is -1.89. The molecule has 1 N–H and O–H groups in total. The second-order valence-corrected chi connectivity index (χ2v) is 4.85. The molecule has 0 bridgehead atoms. The van der Waals surface area contributed by atoms with Crippen molar-refractivity contribution >= 4 is 21.6 Å². The molecule has 0 amide bonds. The van der Waals surface area contributed by atoms with Gasteiger partial charge in [-0.25, -0.2) is 9.67 Å². The van der Waals surface area contributed by atoms with Crippen LogP contribution < -0.4 is 15.6 Å². The number of nitrogens with zero attached hydrogens (tertiary/aromatic N) is 3. The van der Waals surface area contributed by atoms with Crippen molar-refractivity contribution in [2.75, 3.05) is 11.9 Å². The standard InChI is InChI=1S/C13H15BrN4O2/c1-3-20-12-9(5-4-6-15-12)7-16-10-8-17-18(2)13(19)11(10)14/h4-6,8,16H,3,7H2,1-2H3. The van der Waals surface area contributed by atoms with Crippen LogP contribution in [0, 0.1) is 0 Å². The summed E-state index contributed by atoms with van der Waals surface area (Å²) in [6.45, 7) is 2.96. The molecule has 2 aromatic heterocycles. The van der Waals surface area contributed by atoms with Crippen LogP contribution in [-0.4, -0.2) is 21.4 Å². The fourth-order valence-corrected chi connectivity index (χ4v) is 2.15. The van der Waals surface area contributed by atoms with Crippen LogP contribution in [0.1, 0.15) is 12.5 Å². The monoisotopic (exact) mass is 338 g/mol. The highest BCUT2D eigenvalue weighted by Crippen LogP contribution is 2.20. The molecule has 106 valence electrons. The lowest BCUT2D eigenvalue weighted by atomic mass is 10.2. The maximum Gasteiger partial charge on any atom is 0.282 e. The zero-order valence-electron chi connectivity index (χ0n) is 11.3. The Bertz CT molecular complexity index is 657. The lowest BCUT2D eigenvalue weighted by molar-refractivity contribution is 0.323. The summed E-state index contributed by atoms with van der Waals surface area (Å²) in [5.74, 6) is 0.593. The fourth-order valence-electron chi connectivity index (χ4n) is 1.65. The first kappa shape index (κ1) is 14.5. The summed E-state index contributed by atoms with van der Waals surface area (Å²) in [6, 6.07) is 3.77. The maximum atomic E-state index is 11.7. The molecule has 2 heterocycles. The van der Waals surface area contributed by atoms with Crippen LogP contribution in [-0.2, 0) is 13.6 Å². The molecular formula is C13H15BrN4O2. The number of hydrogen-bond acceptors (Lipinski definition) is 5. The van der Waals surface area contributed by atoms with Gasteiger partial charge in [-0.3, -0.25) is 4.79 Å². The minimum absolute atomic E-state index is 0.189. The van der Waals surface area contributed by atoms with Crippen molar-refractivity contribution in [2.24, 2.45) is 7.05 Å². The highest BCUT2D eigenvalue weighted by atomic mass is 79.9. The summed E-state index contributed by atoms with van der Waals surface area (Å²) >= 11 is 3.27. The Balaban J connectivity index is 2.17. The van der Waals surface area contributed by atoms with Crippen molar-refractivity contribution in [3.63, 3.8) is 0 Å². The quantitative estimate of drug-likeness (QED) is 0.902. The van der Waals surface area contributed by atoms with Crippen molar-refractivity contribution in [2.45, 2.75) is 13.5 Å². The Labute approximate surface area is 124 Å². The molecule has 2 aromatic rings. The van der Waals surface area contributed by atoms with Crippen LogP contribution in [0.25, 0.3) is 0 Å². The molecule has 0 fully saturated rings. The summed E-state index contributed by atoms with van der Waals surface area (Å²) in [5, 5.41) is 7.13. The van der Waals surface area contributed by atoms with E-state index in [9.17, 15) is 4.79 Å². The van der Waals surface area contributed by atoms with E-state index in [1.807, 2.05) is 19.1 Å². The molecule has 0 aliphatic carbocycles. The van der Waals surface area contributed by atoms with Gasteiger partial charge in [-0.15, -0.1) is 0 Å². The van der Waals surface area contributed by atoms with Crippen LogP contribution in [0.2, 0.25) is 0 Å². The SMILES string of the molecule is CCOc1ncccc1CNc1cnn(C)c(=O)c1Br. The molecule has 0 spiro atoms. The van der Waals surface area contributed by atoms with Gasteiger partial charge >= 0.3 is 0 Å². The summed E-state index contributed by atoms with van der Waals surface area (Å²) in [5.41, 5.74) is 1.37. The molecule has 0 aliphatic rings. The third-order valence-corrected chi connectivity index (χ3v) is 3.44. The minimum Gasteiger partial charge on any atom is -0.478 e. The first-order valence-electron chi connectivity index (χ1n) is 6.15. The van der Waals surface area contributed by atoms with Gasteiger partial charge in [-0.1, -0.05) is 6.07 Å². The Kier molecular flexibility index (Phi) is 4.73. The van der Waals surface area contributed by atoms with Crippen LogP contribution >= 0.6 is 15.9 Å². The predicted octanol–water partition coefficient (Wildman–Crippen LogP) is 1.95. The molecule has 0 aromatic carbocycles. The average molecular weight is 339 g/mol. The van der Waals surface area contributed by atoms with Crippen molar-refractivity contribution in [3.05, 3.63) is 44.9 Å². The van der Waals surface area contributed by atoms with Gasteiger partial charge in [0.1, 0.15) is 4.47 Å². The molecule has 2 rings (SSSR count). The van der Waals surface area contributed by atoms with Crippen molar-refractivity contribution in [1.82, 2.24) is 14.8 Å². The largest absolute Gasteiger partial charge is 0.478 e. The Morgan fingerprint density at radius 2 is 2.30 bits per heavy atom. The molecule has 7 heteroatoms. The molecule has 6 nitrogen and oxygen atoms in total. The zero-order valence-corrected chi connectivity index (χ0v) is 12.8. The Morgan fingerprint density at radius 3 is 3.05 bits per heavy atom. The first-order chi connectivity index (χ1) is 9.63. The van der Waals surface area contributed by atoms with Crippen molar-refractivity contribution in [3.8, 4) is 5.88 Å². The molecule has 0 saturated heterocycles. The third-order valence-electron chi connectivity index (χ3n) is 2.68. The number of halogens is 1. The highest BCUT2D eigenvalue weighted by molar-refractivity contribution is 9.10. The highest BCUT2D eigenvalue weighted by Gasteiger charge is 2.08. The Morgan fingerprint density at radius 1 is 1.50 bits per heavy atom. The predicted molar refractivity (Wildman–Crippen MR) is 79.9 cm³/mol. The topological polar surface area (TPSA) is 69.0 Å². The summed E-state index contributed by atoms with van der Waals surface area (Å²) in [7, 11) is 1.60. The fraction of sp³-hybridized carbons (Fsp3) is 0.308. The average Bonchev–Trinajstić information content (AvgIpc) is 2.46. The minimum atomic E-state index is -0.189. The molecule has 20 heavy (non-hydrogen) atoms. The van der Waals surface area contributed by atoms with Gasteiger partial charge in [0.25, 0.3) is 5.56 Å². The van der Waals surface area contributed by atoms with E-state index in [0.29, 0.717) is 29.2 Å². The van der Waals surface area contributed by atoms with Crippen molar-refractivity contribution < 1.29 is 4.74 Å². The third kappa shape index (κ3) is 3.16. The molecule has 0 aliphatic heterocycles. The van der Waals surface area contributed by atoms with E-state index >= 15 is 0 Å². The van der Waals surface area contributed by atoms with Gasteiger partial charge in [-0.2, -0.15) is 5.10 Å². The molecule has 0 saturated carbocycles. The van der Waals surface area contributed by atoms with E-state index in [-0.39, 0.29) is 5.56 Å².